The van der Waals surface area contributed by atoms with E-state index in [1.54, 1.807) is 0 Å². The summed E-state index contributed by atoms with van der Waals surface area (Å²) in [7, 11) is 0. The first-order valence-electron chi connectivity index (χ1n) is 1.91. The van der Waals surface area contributed by atoms with Crippen LogP contribution in [0, 0.1) is 0 Å². The average molecular weight is 299 g/mol. The van der Waals surface area contributed by atoms with E-state index in [4.69, 9.17) is 0 Å². The minimum absolute atomic E-state index is 1.42. The molecular formula is C2H7F6SSb. The molecule has 0 spiro atoms. The Labute approximate surface area is 60.9 Å². The van der Waals surface area contributed by atoms with Gasteiger partial charge in [-0.2, -0.15) is 0 Å². The van der Waals surface area contributed by atoms with Crippen LogP contribution in [-0.4, -0.2) is 32.0 Å². The van der Waals surface area contributed by atoms with Crippen LogP contribution in [0.5, 0.6) is 0 Å². The molecule has 0 aromatic heterocycles. The van der Waals surface area contributed by atoms with E-state index in [-0.39, 0.29) is 0 Å². The fraction of sp³-hybridized carbons (Fsp3) is 1.00. The van der Waals surface area contributed by atoms with Gasteiger partial charge in [0.05, 0.1) is 12.5 Å². The van der Waals surface area contributed by atoms with Crippen LogP contribution in [0.1, 0.15) is 0 Å². The van der Waals surface area contributed by atoms with Gasteiger partial charge in [0, 0.05) is 0 Å². The Balaban J connectivity index is 0. The molecule has 10 heavy (non-hydrogen) atoms. The Morgan fingerprint density at radius 1 is 0.800 bits per heavy atom. The van der Waals surface area contributed by atoms with Gasteiger partial charge in [0.15, 0.2) is 0 Å². The summed E-state index contributed by atoms with van der Waals surface area (Å²) in [5.41, 5.74) is 0. The van der Waals surface area contributed by atoms with E-state index in [0.29, 0.717) is 0 Å². The van der Waals surface area contributed by atoms with E-state index < -0.39 is 19.5 Å². The molecule has 0 heterocycles. The van der Waals surface area contributed by atoms with Gasteiger partial charge in [-0.15, -0.1) is 0 Å². The zero-order valence-electron chi connectivity index (χ0n) is 5.16. The number of rotatable bonds is 0. The van der Waals surface area contributed by atoms with Crippen molar-refractivity contribution in [2.75, 3.05) is 12.5 Å². The Bertz CT molecular complexity index is 85.1. The monoisotopic (exact) mass is 298 g/mol. The number of hydrogen-bond donors (Lipinski definition) is 0. The molecule has 0 fully saturated rings. The molecule has 0 nitrogen and oxygen atoms in total. The van der Waals surface area contributed by atoms with Gasteiger partial charge >= 0.3 is 36.4 Å². The second-order valence-corrected chi connectivity index (χ2v) is 7.77. The third kappa shape index (κ3) is 938. The van der Waals surface area contributed by atoms with Gasteiger partial charge in [0.2, 0.25) is 0 Å². The van der Waals surface area contributed by atoms with Crippen molar-refractivity contribution in [3.05, 3.63) is 0 Å². The molecule has 0 aliphatic rings. The minimum atomic E-state index is -11.2. The number of halogens is 6. The van der Waals surface area contributed by atoms with Crippen molar-refractivity contribution in [1.29, 1.82) is 0 Å². The molecule has 0 atom stereocenters. The van der Waals surface area contributed by atoms with Gasteiger partial charge in [0.25, 0.3) is 0 Å². The summed E-state index contributed by atoms with van der Waals surface area (Å²) in [6, 6.07) is 0. The van der Waals surface area contributed by atoms with Gasteiger partial charge < -0.3 is 0 Å². The molecule has 0 N–H and O–H groups in total. The van der Waals surface area contributed by atoms with Crippen LogP contribution in [0.25, 0.3) is 0 Å². The van der Waals surface area contributed by atoms with Crippen molar-refractivity contribution in [1.82, 2.24) is 0 Å². The molecule has 68 valence electrons. The molecule has 0 saturated carbocycles. The summed E-state index contributed by atoms with van der Waals surface area (Å²) in [4.78, 5) is 0. The van der Waals surface area contributed by atoms with E-state index >= 15 is 0 Å². The van der Waals surface area contributed by atoms with Crippen molar-refractivity contribution < 1.29 is 16.9 Å². The summed E-state index contributed by atoms with van der Waals surface area (Å²) >= 11 is -9.83. The second-order valence-electron chi connectivity index (χ2n) is 1.41. The molecule has 0 saturated heterocycles. The van der Waals surface area contributed by atoms with Crippen molar-refractivity contribution in [3.8, 4) is 0 Å². The molecule has 8 heteroatoms. The SMILES string of the molecule is C[SH+]C.[F][Sb-]([F])([F])([F])([F])[F]. The van der Waals surface area contributed by atoms with Gasteiger partial charge in [-0.25, -0.2) is 0 Å². The normalized spacial score (nSPS) is 18.0. The van der Waals surface area contributed by atoms with Crippen LogP contribution < -0.4 is 0 Å². The van der Waals surface area contributed by atoms with Crippen LogP contribution >= 0.6 is 0 Å². The Morgan fingerprint density at radius 3 is 0.800 bits per heavy atom. The van der Waals surface area contributed by atoms with Crippen LogP contribution in [0.2, 0.25) is 0 Å². The average Bonchev–Trinajstić information content (AvgIpc) is 1.20. The number of hydrogen-bond acceptors (Lipinski definition) is 0. The molecule has 0 aliphatic heterocycles. The predicted octanol–water partition coefficient (Wildman–Crippen LogP) is 2.20. The topological polar surface area (TPSA) is 0 Å². The molecule has 0 aliphatic carbocycles. The van der Waals surface area contributed by atoms with Crippen molar-refractivity contribution >= 4 is 31.2 Å². The first-order valence-corrected chi connectivity index (χ1v) is 9.49. The van der Waals surface area contributed by atoms with Gasteiger partial charge in [-0.1, -0.05) is 0 Å². The molecule has 0 aromatic rings. The fourth-order valence-electron chi connectivity index (χ4n) is 0. The Hall–Kier alpha value is 0.748. The number of thiol groups is 1. The summed E-state index contributed by atoms with van der Waals surface area (Å²) in [5.74, 6) is 0. The van der Waals surface area contributed by atoms with Gasteiger partial charge in [-0.05, 0) is 11.8 Å². The van der Waals surface area contributed by atoms with Crippen molar-refractivity contribution in [3.63, 3.8) is 0 Å². The van der Waals surface area contributed by atoms with E-state index in [2.05, 4.69) is 12.5 Å². The fourth-order valence-corrected chi connectivity index (χ4v) is 0. The Kier molecular flexibility index (Phi) is 3.55. The third-order valence-corrected chi connectivity index (χ3v) is 0. The maximum atomic E-state index is 9.93. The molecule has 0 rings (SSSR count). The van der Waals surface area contributed by atoms with Gasteiger partial charge in [0.1, 0.15) is 0 Å². The van der Waals surface area contributed by atoms with E-state index in [1.807, 2.05) is 0 Å². The van der Waals surface area contributed by atoms with Gasteiger partial charge in [-0.3, -0.25) is 0 Å². The van der Waals surface area contributed by atoms with E-state index in [1.165, 1.54) is 11.8 Å². The zero-order chi connectivity index (χ0) is 9.12. The summed E-state index contributed by atoms with van der Waals surface area (Å²) in [6.45, 7) is 0. The first-order chi connectivity index (χ1) is 3.86. The third-order valence-electron chi connectivity index (χ3n) is 0. The molecule has 0 aromatic carbocycles. The van der Waals surface area contributed by atoms with Crippen LogP contribution in [0.3, 0.4) is 0 Å². The van der Waals surface area contributed by atoms with E-state index in [0.717, 1.165) is 0 Å². The molecule has 0 unspecified atom stereocenters. The summed E-state index contributed by atoms with van der Waals surface area (Å²) < 4.78 is 59.6. The Morgan fingerprint density at radius 2 is 0.800 bits per heavy atom. The molecule has 0 amide bonds. The quantitative estimate of drug-likeness (QED) is 0.278. The summed E-state index contributed by atoms with van der Waals surface area (Å²) in [5, 5.41) is 0. The molecule has 0 bridgehead atoms. The maximum absolute atomic E-state index is 11.2. The first kappa shape index (κ1) is 13.3. The van der Waals surface area contributed by atoms with Crippen LogP contribution in [-0.2, 0) is 11.8 Å². The summed E-state index contributed by atoms with van der Waals surface area (Å²) in [6.07, 6.45) is 4.19. The molecule has 0 radical (unpaired) electrons. The van der Waals surface area contributed by atoms with E-state index in [9.17, 15) is 16.9 Å². The predicted molar refractivity (Wildman–Crippen MR) is 33.0 cm³/mol. The van der Waals surface area contributed by atoms with Crippen molar-refractivity contribution in [2.45, 2.75) is 0 Å². The van der Waals surface area contributed by atoms with Crippen LogP contribution in [0.4, 0.5) is 16.9 Å². The van der Waals surface area contributed by atoms with Crippen molar-refractivity contribution in [2.24, 2.45) is 0 Å². The van der Waals surface area contributed by atoms with Crippen LogP contribution in [0.15, 0.2) is 0 Å². The molecular weight excluding hydrogens is 292 g/mol. The standard InChI is InChI=1S/C2H6S.6FH.Sb/c1-3-2;;;;;;;/h1-2H3;6*1H;/q;;;;;;;+5/p-5. The zero-order valence-corrected chi connectivity index (χ0v) is 8.61. The second kappa shape index (κ2) is 2.66.